The lowest BCUT2D eigenvalue weighted by molar-refractivity contribution is 0.242. The molecule has 0 spiro atoms. The monoisotopic (exact) mass is 438 g/mol. The molecule has 0 aromatic rings. The van der Waals surface area contributed by atoms with Gasteiger partial charge in [0.15, 0.2) is 34.7 Å². The van der Waals surface area contributed by atoms with Crippen molar-refractivity contribution in [1.82, 2.24) is 0 Å². The molecule has 0 aliphatic carbocycles. The summed E-state index contributed by atoms with van der Waals surface area (Å²) >= 11 is 0. The number of rotatable bonds is 13. The fourth-order valence-electron chi connectivity index (χ4n) is 2.35. The summed E-state index contributed by atoms with van der Waals surface area (Å²) in [6.07, 6.45) is 0.953. The van der Waals surface area contributed by atoms with Crippen LogP contribution in [0, 0.1) is 0 Å². The first-order chi connectivity index (χ1) is 11.0. The first-order valence-corrected chi connectivity index (χ1v) is 23.1. The third-order valence-corrected chi connectivity index (χ3v) is 16.5. The highest BCUT2D eigenvalue weighted by molar-refractivity contribution is 6.90. The number of hydrogen-bond donors (Lipinski definition) is 0. The minimum Gasteiger partial charge on any atom is -0.424 e. The summed E-state index contributed by atoms with van der Waals surface area (Å²) in [6.45, 7) is 26.9. The van der Waals surface area contributed by atoms with E-state index in [-0.39, 0.29) is 0 Å². The predicted octanol–water partition coefficient (Wildman–Crippen LogP) is 4.96. The minimum absolute atomic E-state index is 0.482. The molecule has 0 fully saturated rings. The Kier molecular flexibility index (Phi) is 10.5. The van der Waals surface area contributed by atoms with E-state index in [1.165, 1.54) is 5.57 Å². The van der Waals surface area contributed by atoms with E-state index in [0.29, 0.717) is 0 Å². The largest absolute Gasteiger partial charge is 0.469 e. The summed E-state index contributed by atoms with van der Waals surface area (Å²) in [6, 6.07) is 1.93. The molecule has 0 atom stereocenters. The smallest absolute Gasteiger partial charge is 0.424 e. The van der Waals surface area contributed by atoms with Crippen molar-refractivity contribution in [3.63, 3.8) is 0 Å². The van der Waals surface area contributed by atoms with Gasteiger partial charge in [0.2, 0.25) is 0 Å². The molecule has 25 heavy (non-hydrogen) atoms. The molecule has 0 N–H and O–H groups in total. The van der Waals surface area contributed by atoms with Crippen molar-refractivity contribution in [3.05, 3.63) is 12.2 Å². The molecule has 0 aliphatic heterocycles. The van der Waals surface area contributed by atoms with Crippen molar-refractivity contribution in [1.29, 1.82) is 0 Å². The molecule has 0 saturated heterocycles. The van der Waals surface area contributed by atoms with Gasteiger partial charge in [-0.2, -0.15) is 0 Å². The summed E-state index contributed by atoms with van der Waals surface area (Å²) in [4.78, 5) is 0. The van der Waals surface area contributed by atoms with Crippen molar-refractivity contribution in [3.8, 4) is 0 Å². The maximum atomic E-state index is 6.67. The first-order valence-electron chi connectivity index (χ1n) is 9.36. The average Bonchev–Trinajstić information content (AvgIpc) is 2.25. The van der Waals surface area contributed by atoms with Crippen LogP contribution in [-0.2, 0) is 16.8 Å². The molecule has 0 aromatic heterocycles. The summed E-state index contributed by atoms with van der Waals surface area (Å²) in [7, 11) is -8.47. The van der Waals surface area contributed by atoms with E-state index in [1.807, 2.05) is 0 Å². The molecular weight excluding hydrogens is 397 g/mol. The molecular formula is C16H42O4Si5. The lowest BCUT2D eigenvalue weighted by Crippen LogP contribution is -2.60. The summed E-state index contributed by atoms with van der Waals surface area (Å²) in [5, 5.41) is 0. The highest BCUT2D eigenvalue weighted by Gasteiger charge is 2.49. The van der Waals surface area contributed by atoms with Crippen LogP contribution in [-0.4, -0.2) is 50.1 Å². The molecule has 0 amide bonds. The van der Waals surface area contributed by atoms with Crippen LogP contribution in [0.25, 0.3) is 0 Å². The topological polar surface area (TPSA) is 36.9 Å². The number of allylic oxidation sites excluding steroid dienone is 1. The van der Waals surface area contributed by atoms with Crippen molar-refractivity contribution < 1.29 is 16.8 Å². The van der Waals surface area contributed by atoms with Gasteiger partial charge in [-0.15, -0.1) is 6.58 Å². The van der Waals surface area contributed by atoms with E-state index < -0.39 is 43.5 Å². The Bertz CT molecular complexity index is 369. The van der Waals surface area contributed by atoms with E-state index in [9.17, 15) is 0 Å². The lowest BCUT2D eigenvalue weighted by Gasteiger charge is -2.42. The fourth-order valence-corrected chi connectivity index (χ4v) is 17.9. The Labute approximate surface area is 163 Å². The second-order valence-corrected chi connectivity index (χ2v) is 28.1. The van der Waals surface area contributed by atoms with Crippen LogP contribution < -0.4 is 0 Å². The van der Waals surface area contributed by atoms with Gasteiger partial charge >= 0.3 is 8.80 Å². The quantitative estimate of drug-likeness (QED) is 0.231. The van der Waals surface area contributed by atoms with Crippen molar-refractivity contribution in [2.24, 2.45) is 0 Å². The van der Waals surface area contributed by atoms with Crippen LogP contribution in [0.3, 0.4) is 0 Å². The van der Waals surface area contributed by atoms with Gasteiger partial charge in [-0.3, -0.25) is 0 Å². The van der Waals surface area contributed by atoms with Gasteiger partial charge < -0.3 is 16.8 Å². The third-order valence-electron chi connectivity index (χ3n) is 2.83. The highest BCUT2D eigenvalue weighted by Crippen LogP contribution is 2.29. The van der Waals surface area contributed by atoms with E-state index in [4.69, 9.17) is 16.8 Å². The highest BCUT2D eigenvalue weighted by atomic mass is 28.5. The Morgan fingerprint density at radius 3 is 1.52 bits per heavy atom. The van der Waals surface area contributed by atoms with Crippen LogP contribution >= 0.6 is 0 Å². The van der Waals surface area contributed by atoms with Crippen molar-refractivity contribution in [2.75, 3.05) is 6.61 Å². The Morgan fingerprint density at radius 2 is 1.20 bits per heavy atom. The first kappa shape index (κ1) is 25.7. The van der Waals surface area contributed by atoms with Crippen molar-refractivity contribution >= 4 is 43.5 Å². The maximum Gasteiger partial charge on any atom is 0.469 e. The zero-order chi connectivity index (χ0) is 19.9. The molecule has 9 heteroatoms. The molecule has 0 heterocycles. The number of hydrogen-bond acceptors (Lipinski definition) is 4. The van der Waals surface area contributed by atoms with Gasteiger partial charge in [0.1, 0.15) is 0 Å². The van der Waals surface area contributed by atoms with Crippen LogP contribution in [0.4, 0.5) is 0 Å². The molecule has 0 aliphatic rings. The van der Waals surface area contributed by atoms with Crippen LogP contribution in [0.5, 0.6) is 0 Å². The molecule has 0 rings (SSSR count). The van der Waals surface area contributed by atoms with Gasteiger partial charge in [0.25, 0.3) is 0 Å². The van der Waals surface area contributed by atoms with Gasteiger partial charge in [0, 0.05) is 12.7 Å². The summed E-state index contributed by atoms with van der Waals surface area (Å²) in [5.41, 5.74) is 1.22. The predicted molar refractivity (Wildman–Crippen MR) is 123 cm³/mol. The molecule has 0 bridgehead atoms. The molecule has 0 aromatic carbocycles. The SMILES string of the molecule is C=C(C)C[SiH2]OCCC[Si](O[Si](C)(C)C)(O[Si](C)(C)C)O[Si](C)(C)C. The van der Waals surface area contributed by atoms with E-state index in [1.54, 1.807) is 0 Å². The normalized spacial score (nSPS) is 14.5. The third kappa shape index (κ3) is 15.4. The molecule has 0 unspecified atom stereocenters. The van der Waals surface area contributed by atoms with Gasteiger partial charge in [-0.25, -0.2) is 0 Å². The van der Waals surface area contributed by atoms with Gasteiger partial charge in [0.05, 0.1) is 0 Å². The maximum absolute atomic E-state index is 6.67. The molecule has 150 valence electrons. The van der Waals surface area contributed by atoms with Gasteiger partial charge in [-0.05, 0) is 78.3 Å². The zero-order valence-corrected chi connectivity index (χ0v) is 23.8. The Hall–Kier alpha value is 0.664. The summed E-state index contributed by atoms with van der Waals surface area (Å²) in [5.74, 6) is 0. The molecule has 4 nitrogen and oxygen atoms in total. The molecule has 0 radical (unpaired) electrons. The Morgan fingerprint density at radius 1 is 0.800 bits per heavy atom. The zero-order valence-electron chi connectivity index (χ0n) is 18.4. The van der Waals surface area contributed by atoms with Crippen LogP contribution in [0.2, 0.25) is 71.0 Å². The van der Waals surface area contributed by atoms with Crippen LogP contribution in [0.15, 0.2) is 12.2 Å². The van der Waals surface area contributed by atoms with E-state index in [2.05, 4.69) is 72.4 Å². The fraction of sp³-hybridized carbons (Fsp3) is 0.875. The second kappa shape index (κ2) is 10.3. The van der Waals surface area contributed by atoms with Gasteiger partial charge in [-0.1, -0.05) is 5.57 Å². The van der Waals surface area contributed by atoms with Crippen molar-refractivity contribution in [2.45, 2.75) is 84.4 Å². The summed E-state index contributed by atoms with van der Waals surface area (Å²) < 4.78 is 25.9. The second-order valence-electron chi connectivity index (χ2n) is 9.75. The van der Waals surface area contributed by atoms with E-state index in [0.717, 1.165) is 25.1 Å². The lowest BCUT2D eigenvalue weighted by atomic mass is 10.4. The van der Waals surface area contributed by atoms with E-state index >= 15 is 0 Å². The average molecular weight is 439 g/mol. The van der Waals surface area contributed by atoms with Crippen LogP contribution in [0.1, 0.15) is 13.3 Å². The minimum atomic E-state index is -2.68. The molecule has 0 saturated carbocycles. The Balaban J connectivity index is 5.08. The standard InChI is InChI=1S/C16H42O4Si5/c1-16(2)15-21-17-13-12-14-25(18-22(3,4)5,19-23(6,7)8)20-24(9,10)11/h1,12-15,21H2,2-11H3.